The first-order chi connectivity index (χ1) is 8.36. The van der Waals surface area contributed by atoms with Crippen molar-refractivity contribution in [2.45, 2.75) is 23.6 Å². The summed E-state index contributed by atoms with van der Waals surface area (Å²) in [6, 6.07) is 5.88. The minimum Gasteiger partial charge on any atom is -0.329 e. The van der Waals surface area contributed by atoms with Gasteiger partial charge in [-0.3, -0.25) is 0 Å². The van der Waals surface area contributed by atoms with E-state index in [1.54, 1.807) is 19.1 Å². The number of rotatable bonds is 4. The first kappa shape index (κ1) is 13.5. The average Bonchev–Trinajstić information content (AvgIpc) is 2.98. The van der Waals surface area contributed by atoms with Gasteiger partial charge in [-0.2, -0.15) is 0 Å². The van der Waals surface area contributed by atoms with Gasteiger partial charge in [-0.25, -0.2) is 12.8 Å². The fraction of sp³-hybridized carbons (Fsp3) is 0.500. The molecule has 0 aliphatic heterocycles. The van der Waals surface area contributed by atoms with Gasteiger partial charge in [0.05, 0.1) is 10.8 Å². The van der Waals surface area contributed by atoms with Crippen molar-refractivity contribution in [1.29, 1.82) is 0 Å². The molecule has 0 aromatic heterocycles. The zero-order valence-corrected chi connectivity index (χ0v) is 11.0. The van der Waals surface area contributed by atoms with Crippen LogP contribution in [0.5, 0.6) is 0 Å². The summed E-state index contributed by atoms with van der Waals surface area (Å²) in [5.74, 6) is -0.794. The van der Waals surface area contributed by atoms with Crippen molar-refractivity contribution in [1.82, 2.24) is 0 Å². The van der Waals surface area contributed by atoms with Crippen molar-refractivity contribution >= 4 is 9.84 Å². The molecule has 3 atom stereocenters. The Morgan fingerprint density at radius 2 is 2.11 bits per heavy atom. The topological polar surface area (TPSA) is 86.2 Å². The van der Waals surface area contributed by atoms with E-state index in [2.05, 4.69) is 0 Å². The first-order valence-electron chi connectivity index (χ1n) is 5.83. The monoisotopic (exact) mass is 272 g/mol. The molecule has 2 rings (SSSR count). The lowest BCUT2D eigenvalue weighted by Gasteiger charge is -2.07. The number of hydrogen-bond acceptors (Lipinski definition) is 4. The summed E-state index contributed by atoms with van der Waals surface area (Å²) >= 11 is 0. The molecule has 0 bridgehead atoms. The molecule has 18 heavy (non-hydrogen) atoms. The molecule has 0 amide bonds. The SMILES string of the molecule is CCS(=O)(=O)[C@@H]1[C@H](c2cccc(F)c2)[C@@]1(N)CN. The summed E-state index contributed by atoms with van der Waals surface area (Å²) in [6.45, 7) is 1.64. The Bertz CT molecular complexity index is 561. The second-order valence-electron chi connectivity index (χ2n) is 4.72. The van der Waals surface area contributed by atoms with E-state index >= 15 is 0 Å². The summed E-state index contributed by atoms with van der Waals surface area (Å²) in [6.07, 6.45) is 0. The Morgan fingerprint density at radius 1 is 1.44 bits per heavy atom. The molecule has 1 aliphatic rings. The van der Waals surface area contributed by atoms with Crippen LogP contribution in [0.3, 0.4) is 0 Å². The molecule has 0 spiro atoms. The van der Waals surface area contributed by atoms with Gasteiger partial charge in [0, 0.05) is 18.2 Å². The zero-order chi connectivity index (χ0) is 13.6. The van der Waals surface area contributed by atoms with Crippen LogP contribution in [-0.2, 0) is 9.84 Å². The van der Waals surface area contributed by atoms with Gasteiger partial charge in [-0.05, 0) is 17.7 Å². The number of hydrogen-bond donors (Lipinski definition) is 2. The first-order valence-corrected chi connectivity index (χ1v) is 7.54. The van der Waals surface area contributed by atoms with Crippen LogP contribution in [0.25, 0.3) is 0 Å². The number of halogens is 1. The molecular formula is C12H17FN2O2S. The van der Waals surface area contributed by atoms with Crippen LogP contribution < -0.4 is 11.5 Å². The highest BCUT2D eigenvalue weighted by Crippen LogP contribution is 2.53. The fourth-order valence-electron chi connectivity index (χ4n) is 2.57. The van der Waals surface area contributed by atoms with Crippen LogP contribution in [0.2, 0.25) is 0 Å². The van der Waals surface area contributed by atoms with Crippen LogP contribution in [0.1, 0.15) is 18.4 Å². The predicted octanol–water partition coefficient (Wildman–Crippen LogP) is 0.382. The van der Waals surface area contributed by atoms with E-state index in [9.17, 15) is 12.8 Å². The van der Waals surface area contributed by atoms with Crippen LogP contribution in [0.4, 0.5) is 4.39 Å². The maximum absolute atomic E-state index is 13.2. The summed E-state index contributed by atoms with van der Waals surface area (Å²) in [4.78, 5) is 0. The highest BCUT2D eigenvalue weighted by atomic mass is 32.2. The van der Waals surface area contributed by atoms with E-state index in [4.69, 9.17) is 11.5 Å². The second kappa shape index (κ2) is 4.29. The summed E-state index contributed by atoms with van der Waals surface area (Å²) in [5, 5.41) is -0.707. The third-order valence-electron chi connectivity index (χ3n) is 3.65. The summed E-state index contributed by atoms with van der Waals surface area (Å²) in [5.41, 5.74) is 11.3. The molecule has 1 saturated carbocycles. The quantitative estimate of drug-likeness (QED) is 0.830. The van der Waals surface area contributed by atoms with Crippen LogP contribution in [0.15, 0.2) is 24.3 Å². The Morgan fingerprint density at radius 3 is 2.61 bits per heavy atom. The van der Waals surface area contributed by atoms with Gasteiger partial charge in [-0.1, -0.05) is 19.1 Å². The van der Waals surface area contributed by atoms with Crippen LogP contribution >= 0.6 is 0 Å². The number of benzene rings is 1. The normalized spacial score (nSPS) is 31.3. The van der Waals surface area contributed by atoms with Crippen molar-refractivity contribution < 1.29 is 12.8 Å². The van der Waals surface area contributed by atoms with Crippen molar-refractivity contribution in [2.75, 3.05) is 12.3 Å². The third-order valence-corrected chi connectivity index (χ3v) is 5.94. The molecule has 0 saturated heterocycles. The fourth-order valence-corrected chi connectivity index (χ4v) is 4.59. The van der Waals surface area contributed by atoms with E-state index in [-0.39, 0.29) is 12.3 Å². The lowest BCUT2D eigenvalue weighted by molar-refractivity contribution is 0.587. The third kappa shape index (κ3) is 1.94. The molecule has 4 nitrogen and oxygen atoms in total. The molecule has 1 fully saturated rings. The highest BCUT2D eigenvalue weighted by Gasteiger charge is 2.67. The number of sulfone groups is 1. The molecule has 4 N–H and O–H groups in total. The van der Waals surface area contributed by atoms with Gasteiger partial charge >= 0.3 is 0 Å². The minimum absolute atomic E-state index is 0.0163. The predicted molar refractivity (Wildman–Crippen MR) is 68.4 cm³/mol. The zero-order valence-electron chi connectivity index (χ0n) is 10.1. The largest absolute Gasteiger partial charge is 0.329 e. The van der Waals surface area contributed by atoms with Gasteiger partial charge in [0.1, 0.15) is 5.82 Å². The molecule has 1 aliphatic carbocycles. The van der Waals surface area contributed by atoms with Crippen LogP contribution in [-0.4, -0.2) is 31.5 Å². The molecule has 0 unspecified atom stereocenters. The minimum atomic E-state index is -3.28. The van der Waals surface area contributed by atoms with Gasteiger partial charge in [0.2, 0.25) is 0 Å². The van der Waals surface area contributed by atoms with Crippen molar-refractivity contribution in [2.24, 2.45) is 11.5 Å². The molecule has 1 aromatic rings. The molecule has 1 aromatic carbocycles. The maximum atomic E-state index is 13.2. The summed E-state index contributed by atoms with van der Waals surface area (Å²) < 4.78 is 37.1. The molecule has 0 radical (unpaired) electrons. The molecule has 100 valence electrons. The second-order valence-corrected chi connectivity index (χ2v) is 7.13. The highest BCUT2D eigenvalue weighted by molar-refractivity contribution is 7.92. The smallest absolute Gasteiger partial charge is 0.155 e. The van der Waals surface area contributed by atoms with Crippen molar-refractivity contribution in [3.8, 4) is 0 Å². The van der Waals surface area contributed by atoms with E-state index in [1.165, 1.54) is 12.1 Å². The van der Waals surface area contributed by atoms with Gasteiger partial charge in [0.15, 0.2) is 9.84 Å². The molecule has 6 heteroatoms. The van der Waals surface area contributed by atoms with E-state index in [1.807, 2.05) is 0 Å². The lowest BCUT2D eigenvalue weighted by Crippen LogP contribution is -2.39. The lowest BCUT2D eigenvalue weighted by atomic mass is 10.1. The maximum Gasteiger partial charge on any atom is 0.155 e. The van der Waals surface area contributed by atoms with E-state index in [0.29, 0.717) is 5.56 Å². The van der Waals surface area contributed by atoms with Crippen LogP contribution in [0, 0.1) is 5.82 Å². The Kier molecular flexibility index (Phi) is 3.21. The Labute approximate surface area is 106 Å². The van der Waals surface area contributed by atoms with Crippen molar-refractivity contribution in [3.05, 3.63) is 35.6 Å². The Balaban J connectivity index is 2.40. The van der Waals surface area contributed by atoms with Gasteiger partial charge in [0.25, 0.3) is 0 Å². The standard InChI is InChI=1S/C12H17FN2O2S/c1-2-18(16,17)11-10(12(11,15)7-14)8-4-3-5-9(13)6-8/h3-6,10-11H,2,7,14-15H2,1H3/t10-,11+,12-/m0/s1. The summed E-state index contributed by atoms with van der Waals surface area (Å²) in [7, 11) is -3.28. The van der Waals surface area contributed by atoms with Gasteiger partial charge in [-0.15, -0.1) is 0 Å². The molecular weight excluding hydrogens is 255 g/mol. The average molecular weight is 272 g/mol. The Hall–Kier alpha value is -0.980. The van der Waals surface area contributed by atoms with E-state index in [0.717, 1.165) is 0 Å². The molecule has 0 heterocycles. The van der Waals surface area contributed by atoms with Crippen molar-refractivity contribution in [3.63, 3.8) is 0 Å². The van der Waals surface area contributed by atoms with E-state index < -0.39 is 32.4 Å². The van der Waals surface area contributed by atoms with Gasteiger partial charge < -0.3 is 11.5 Å². The number of nitrogens with two attached hydrogens (primary N) is 2.